The minimum Gasteiger partial charge on any atom is -0.369 e. The molecule has 0 radical (unpaired) electrons. The highest BCUT2D eigenvalue weighted by atomic mass is 127. The molecule has 0 unspecified atom stereocenters. The molecule has 0 atom stereocenters. The summed E-state index contributed by atoms with van der Waals surface area (Å²) in [6.07, 6.45) is 0.996. The molecule has 1 N–H and O–H groups in total. The lowest BCUT2D eigenvalue weighted by Crippen LogP contribution is -2.04. The van der Waals surface area contributed by atoms with Crippen molar-refractivity contribution >= 4 is 40.0 Å². The number of hydrogen-bond donors (Lipinski definition) is 1. The minimum absolute atomic E-state index is 0.718. The standard InChI is InChI=1S/C17H13ClIN3/c18-11-4-3-5-12(10-11)22-17-14(8-9-20-17)16(21-22)13-6-1-2-7-15(13)19/h1-7,10,20H,8-9H2. The van der Waals surface area contributed by atoms with Gasteiger partial charge in [-0.2, -0.15) is 5.10 Å². The second-order valence-electron chi connectivity index (χ2n) is 5.22. The molecule has 2 aromatic carbocycles. The van der Waals surface area contributed by atoms with E-state index in [1.807, 2.05) is 28.9 Å². The highest BCUT2D eigenvalue weighted by Crippen LogP contribution is 2.36. The smallest absolute Gasteiger partial charge is 0.133 e. The molecule has 3 nitrogen and oxygen atoms in total. The summed E-state index contributed by atoms with van der Waals surface area (Å²) in [6, 6.07) is 16.2. The molecule has 0 saturated carbocycles. The van der Waals surface area contributed by atoms with Crippen LogP contribution >= 0.6 is 34.2 Å². The van der Waals surface area contributed by atoms with E-state index >= 15 is 0 Å². The summed E-state index contributed by atoms with van der Waals surface area (Å²) in [5.41, 5.74) is 4.51. The average molecular weight is 422 g/mol. The van der Waals surface area contributed by atoms with Gasteiger partial charge in [0.2, 0.25) is 0 Å². The molecule has 1 aliphatic heterocycles. The van der Waals surface area contributed by atoms with Gasteiger partial charge in [-0.15, -0.1) is 0 Å². The van der Waals surface area contributed by atoms with Gasteiger partial charge in [0.25, 0.3) is 0 Å². The zero-order valence-corrected chi connectivity index (χ0v) is 14.6. The Labute approximate surface area is 147 Å². The van der Waals surface area contributed by atoms with Crippen molar-refractivity contribution in [3.05, 3.63) is 62.7 Å². The van der Waals surface area contributed by atoms with Crippen LogP contribution in [0.4, 0.5) is 5.82 Å². The first-order valence-corrected chi connectivity index (χ1v) is 8.56. The Morgan fingerprint density at radius 3 is 2.82 bits per heavy atom. The van der Waals surface area contributed by atoms with E-state index in [4.69, 9.17) is 16.7 Å². The second-order valence-corrected chi connectivity index (χ2v) is 6.82. The van der Waals surface area contributed by atoms with Crippen LogP contribution in [0, 0.1) is 3.57 Å². The molecule has 0 bridgehead atoms. The molecule has 0 aliphatic carbocycles. The minimum atomic E-state index is 0.718. The second kappa shape index (κ2) is 5.59. The van der Waals surface area contributed by atoms with E-state index in [9.17, 15) is 0 Å². The lowest BCUT2D eigenvalue weighted by atomic mass is 10.1. The lowest BCUT2D eigenvalue weighted by molar-refractivity contribution is 0.882. The van der Waals surface area contributed by atoms with Gasteiger partial charge in [-0.05, 0) is 53.3 Å². The van der Waals surface area contributed by atoms with Crippen LogP contribution in [0.25, 0.3) is 16.9 Å². The van der Waals surface area contributed by atoms with Crippen LogP contribution in [0.3, 0.4) is 0 Å². The maximum Gasteiger partial charge on any atom is 0.133 e. The van der Waals surface area contributed by atoms with E-state index in [1.54, 1.807) is 0 Å². The Morgan fingerprint density at radius 2 is 2.00 bits per heavy atom. The Balaban J connectivity index is 1.93. The van der Waals surface area contributed by atoms with E-state index in [1.165, 1.54) is 14.7 Å². The van der Waals surface area contributed by atoms with Gasteiger partial charge in [0.1, 0.15) is 5.82 Å². The molecule has 3 aromatic rings. The number of halogens is 2. The van der Waals surface area contributed by atoms with Crippen molar-refractivity contribution in [1.29, 1.82) is 0 Å². The number of anilines is 1. The van der Waals surface area contributed by atoms with E-state index in [0.29, 0.717) is 0 Å². The third kappa shape index (κ3) is 2.30. The summed E-state index contributed by atoms with van der Waals surface area (Å²) in [5.74, 6) is 1.08. The van der Waals surface area contributed by atoms with E-state index in [0.717, 1.165) is 35.2 Å². The maximum absolute atomic E-state index is 6.13. The van der Waals surface area contributed by atoms with Crippen LogP contribution < -0.4 is 5.32 Å². The van der Waals surface area contributed by atoms with Gasteiger partial charge in [0, 0.05) is 26.3 Å². The quantitative estimate of drug-likeness (QED) is 0.604. The van der Waals surface area contributed by atoms with Crippen LogP contribution in [0.2, 0.25) is 5.02 Å². The molecule has 4 rings (SSSR count). The van der Waals surface area contributed by atoms with Gasteiger partial charge < -0.3 is 5.32 Å². The van der Waals surface area contributed by atoms with Gasteiger partial charge in [0.05, 0.1) is 11.4 Å². The van der Waals surface area contributed by atoms with E-state index < -0.39 is 0 Å². The third-order valence-electron chi connectivity index (χ3n) is 3.83. The fourth-order valence-corrected chi connectivity index (χ4v) is 3.67. The number of rotatable bonds is 2. The molecule has 1 aliphatic rings. The Morgan fingerprint density at radius 1 is 1.14 bits per heavy atom. The Kier molecular flexibility index (Phi) is 3.58. The van der Waals surface area contributed by atoms with E-state index in [2.05, 4.69) is 52.2 Å². The number of nitrogens with one attached hydrogen (secondary N) is 1. The predicted octanol–water partition coefficient (Wildman–Crippen LogP) is 4.77. The van der Waals surface area contributed by atoms with Gasteiger partial charge >= 0.3 is 0 Å². The highest BCUT2D eigenvalue weighted by Gasteiger charge is 2.24. The lowest BCUT2D eigenvalue weighted by Gasteiger charge is -2.06. The fraction of sp³-hybridized carbons (Fsp3) is 0.118. The molecule has 110 valence electrons. The number of nitrogens with zero attached hydrogens (tertiary/aromatic N) is 2. The van der Waals surface area contributed by atoms with Gasteiger partial charge in [-0.25, -0.2) is 4.68 Å². The third-order valence-corrected chi connectivity index (χ3v) is 5.01. The molecular weight excluding hydrogens is 409 g/mol. The molecular formula is C17H13ClIN3. The molecule has 22 heavy (non-hydrogen) atoms. The molecule has 0 spiro atoms. The van der Waals surface area contributed by atoms with Gasteiger partial charge in [-0.3, -0.25) is 0 Å². The highest BCUT2D eigenvalue weighted by molar-refractivity contribution is 14.1. The number of aromatic nitrogens is 2. The normalized spacial score (nSPS) is 13.0. The van der Waals surface area contributed by atoms with Crippen LogP contribution in [0.5, 0.6) is 0 Å². The number of fused-ring (bicyclic) bond motifs is 1. The summed E-state index contributed by atoms with van der Waals surface area (Å²) in [4.78, 5) is 0. The van der Waals surface area contributed by atoms with Crippen LogP contribution in [0.15, 0.2) is 48.5 Å². The van der Waals surface area contributed by atoms with Crippen molar-refractivity contribution in [2.45, 2.75) is 6.42 Å². The summed E-state index contributed by atoms with van der Waals surface area (Å²) < 4.78 is 3.18. The first kappa shape index (κ1) is 14.1. The predicted molar refractivity (Wildman–Crippen MR) is 98.9 cm³/mol. The largest absolute Gasteiger partial charge is 0.369 e. The van der Waals surface area contributed by atoms with Crippen LogP contribution in [-0.2, 0) is 6.42 Å². The molecule has 0 saturated heterocycles. The monoisotopic (exact) mass is 421 g/mol. The number of hydrogen-bond acceptors (Lipinski definition) is 2. The zero-order valence-electron chi connectivity index (χ0n) is 11.7. The van der Waals surface area contributed by atoms with Crippen molar-refractivity contribution in [2.75, 3.05) is 11.9 Å². The Bertz CT molecular complexity index is 857. The van der Waals surface area contributed by atoms with Crippen molar-refractivity contribution in [3.8, 4) is 16.9 Å². The van der Waals surface area contributed by atoms with Crippen molar-refractivity contribution in [2.24, 2.45) is 0 Å². The van der Waals surface area contributed by atoms with Gasteiger partial charge in [0.15, 0.2) is 0 Å². The van der Waals surface area contributed by atoms with Gasteiger partial charge in [-0.1, -0.05) is 35.9 Å². The summed E-state index contributed by atoms with van der Waals surface area (Å²) in [5, 5.41) is 9.03. The molecule has 2 heterocycles. The van der Waals surface area contributed by atoms with E-state index in [-0.39, 0.29) is 0 Å². The molecule has 0 fully saturated rings. The first-order chi connectivity index (χ1) is 10.7. The number of benzene rings is 2. The fourth-order valence-electron chi connectivity index (χ4n) is 2.84. The topological polar surface area (TPSA) is 29.9 Å². The summed E-state index contributed by atoms with van der Waals surface area (Å²) in [7, 11) is 0. The summed E-state index contributed by atoms with van der Waals surface area (Å²) >= 11 is 8.50. The zero-order chi connectivity index (χ0) is 15.1. The SMILES string of the molecule is Clc1cccc(-n2nc(-c3ccccc3I)c3c2NCC3)c1. The maximum atomic E-state index is 6.13. The molecule has 1 aromatic heterocycles. The summed E-state index contributed by atoms with van der Waals surface area (Å²) in [6.45, 7) is 0.949. The average Bonchev–Trinajstić information content (AvgIpc) is 3.10. The molecule has 5 heteroatoms. The van der Waals surface area contributed by atoms with Crippen LogP contribution in [0.1, 0.15) is 5.56 Å². The first-order valence-electron chi connectivity index (χ1n) is 7.10. The Hall–Kier alpha value is -1.53. The van der Waals surface area contributed by atoms with Crippen molar-refractivity contribution in [3.63, 3.8) is 0 Å². The van der Waals surface area contributed by atoms with Crippen LogP contribution in [-0.4, -0.2) is 16.3 Å². The van der Waals surface area contributed by atoms with Crippen molar-refractivity contribution < 1.29 is 0 Å². The molecule has 0 amide bonds. The van der Waals surface area contributed by atoms with Crippen molar-refractivity contribution in [1.82, 2.24) is 9.78 Å².